The Bertz CT molecular complexity index is 730. The average Bonchev–Trinajstić information content (AvgIpc) is 2.62. The van der Waals surface area contributed by atoms with Crippen LogP contribution < -0.4 is 10.5 Å². The zero-order valence-electron chi connectivity index (χ0n) is 13.4. The molecular weight excluding hydrogens is 304 g/mol. The van der Waals surface area contributed by atoms with Crippen molar-refractivity contribution in [2.45, 2.75) is 12.8 Å². The van der Waals surface area contributed by atoms with Crippen molar-refractivity contribution in [1.29, 1.82) is 0 Å². The summed E-state index contributed by atoms with van der Waals surface area (Å²) >= 11 is 0. The van der Waals surface area contributed by atoms with Gasteiger partial charge in [-0.25, -0.2) is 0 Å². The van der Waals surface area contributed by atoms with Gasteiger partial charge in [-0.15, -0.1) is 0 Å². The molecule has 5 heteroatoms. The van der Waals surface area contributed by atoms with Gasteiger partial charge in [0.15, 0.2) is 0 Å². The molecule has 24 heavy (non-hydrogen) atoms. The van der Waals surface area contributed by atoms with E-state index in [1.165, 1.54) is 0 Å². The first-order valence-electron chi connectivity index (χ1n) is 8.05. The number of carbonyl (C=O) groups is 2. The van der Waals surface area contributed by atoms with E-state index in [-0.39, 0.29) is 17.7 Å². The van der Waals surface area contributed by atoms with Crippen LogP contribution in [0.2, 0.25) is 0 Å². The summed E-state index contributed by atoms with van der Waals surface area (Å²) < 4.78 is 5.86. The number of amides is 2. The molecule has 1 fully saturated rings. The first kappa shape index (κ1) is 16.1. The van der Waals surface area contributed by atoms with Crippen LogP contribution in [0.25, 0.3) is 0 Å². The van der Waals surface area contributed by atoms with Crippen LogP contribution in [0.1, 0.15) is 23.2 Å². The van der Waals surface area contributed by atoms with Crippen molar-refractivity contribution in [2.24, 2.45) is 11.7 Å². The van der Waals surface area contributed by atoms with Crippen LogP contribution >= 0.6 is 0 Å². The standard InChI is InChI=1S/C19H20N2O3/c20-18(22)14-7-6-12-21(13-14)19(23)16-10-4-5-11-17(16)24-15-8-2-1-3-9-15/h1-5,8-11,14H,6-7,12-13H2,(H2,20,22). The molecule has 0 radical (unpaired) electrons. The molecule has 3 rings (SSSR count). The molecule has 5 nitrogen and oxygen atoms in total. The van der Waals surface area contributed by atoms with Gasteiger partial charge in [0.1, 0.15) is 11.5 Å². The minimum absolute atomic E-state index is 0.132. The Hall–Kier alpha value is -2.82. The zero-order chi connectivity index (χ0) is 16.9. The Morgan fingerprint density at radius 2 is 1.75 bits per heavy atom. The number of benzene rings is 2. The number of likely N-dealkylation sites (tertiary alicyclic amines) is 1. The summed E-state index contributed by atoms with van der Waals surface area (Å²) in [5, 5.41) is 0. The Kier molecular flexibility index (Phi) is 4.79. The van der Waals surface area contributed by atoms with Crippen molar-refractivity contribution in [2.75, 3.05) is 13.1 Å². The highest BCUT2D eigenvalue weighted by atomic mass is 16.5. The molecule has 1 aliphatic rings. The van der Waals surface area contributed by atoms with E-state index in [2.05, 4.69) is 0 Å². The molecular formula is C19H20N2O3. The Morgan fingerprint density at radius 3 is 2.50 bits per heavy atom. The molecule has 124 valence electrons. The number of rotatable bonds is 4. The third-order valence-electron chi connectivity index (χ3n) is 4.20. The van der Waals surface area contributed by atoms with Gasteiger partial charge in [0, 0.05) is 13.1 Å². The lowest BCUT2D eigenvalue weighted by Gasteiger charge is -2.31. The van der Waals surface area contributed by atoms with Gasteiger partial charge in [0.05, 0.1) is 11.5 Å². The molecule has 0 aromatic heterocycles. The number of primary amides is 1. The summed E-state index contributed by atoms with van der Waals surface area (Å²) in [7, 11) is 0. The Balaban J connectivity index is 1.81. The molecule has 0 aliphatic carbocycles. The highest BCUT2D eigenvalue weighted by Gasteiger charge is 2.28. The second-order valence-corrected chi connectivity index (χ2v) is 5.90. The molecule has 1 unspecified atom stereocenters. The molecule has 2 amide bonds. The normalized spacial score (nSPS) is 17.3. The molecule has 2 aromatic rings. The van der Waals surface area contributed by atoms with Gasteiger partial charge in [-0.1, -0.05) is 30.3 Å². The highest BCUT2D eigenvalue weighted by molar-refractivity contribution is 5.97. The van der Waals surface area contributed by atoms with Gasteiger partial charge in [-0.05, 0) is 37.1 Å². The number of hydrogen-bond donors (Lipinski definition) is 1. The van der Waals surface area contributed by atoms with E-state index in [0.29, 0.717) is 30.2 Å². The lowest BCUT2D eigenvalue weighted by Crippen LogP contribution is -2.44. The first-order chi connectivity index (χ1) is 11.6. The molecule has 2 N–H and O–H groups in total. The lowest BCUT2D eigenvalue weighted by atomic mass is 9.97. The van der Waals surface area contributed by atoms with Crippen LogP contribution in [0.5, 0.6) is 11.5 Å². The molecule has 0 saturated carbocycles. The molecule has 1 heterocycles. The van der Waals surface area contributed by atoms with E-state index in [4.69, 9.17) is 10.5 Å². The first-order valence-corrected chi connectivity index (χ1v) is 8.05. The number of ether oxygens (including phenoxy) is 1. The predicted octanol–water partition coefficient (Wildman–Crippen LogP) is 2.82. The SMILES string of the molecule is NC(=O)C1CCCN(C(=O)c2ccccc2Oc2ccccc2)C1. The molecule has 1 aliphatic heterocycles. The van der Waals surface area contributed by atoms with Crippen LogP contribution in [-0.2, 0) is 4.79 Å². The van der Waals surface area contributed by atoms with Crippen LogP contribution in [-0.4, -0.2) is 29.8 Å². The summed E-state index contributed by atoms with van der Waals surface area (Å²) in [6.07, 6.45) is 1.52. The summed E-state index contributed by atoms with van der Waals surface area (Å²) in [6.45, 7) is 0.996. The fourth-order valence-electron chi connectivity index (χ4n) is 2.91. The van der Waals surface area contributed by atoms with E-state index in [9.17, 15) is 9.59 Å². The Labute approximate surface area is 141 Å². The second kappa shape index (κ2) is 7.17. The van der Waals surface area contributed by atoms with Crippen molar-refractivity contribution >= 4 is 11.8 Å². The van der Waals surface area contributed by atoms with Gasteiger partial charge in [-0.2, -0.15) is 0 Å². The van der Waals surface area contributed by atoms with Crippen LogP contribution in [0.3, 0.4) is 0 Å². The van der Waals surface area contributed by atoms with E-state index in [0.717, 1.165) is 12.8 Å². The summed E-state index contributed by atoms with van der Waals surface area (Å²) in [5.41, 5.74) is 5.89. The van der Waals surface area contributed by atoms with E-state index in [1.807, 2.05) is 36.4 Å². The largest absolute Gasteiger partial charge is 0.457 e. The van der Waals surface area contributed by atoms with Crippen molar-refractivity contribution in [3.8, 4) is 11.5 Å². The van der Waals surface area contributed by atoms with Crippen molar-refractivity contribution in [1.82, 2.24) is 4.90 Å². The van der Waals surface area contributed by atoms with Gasteiger partial charge in [0.25, 0.3) is 5.91 Å². The fraction of sp³-hybridized carbons (Fsp3) is 0.263. The molecule has 0 spiro atoms. The topological polar surface area (TPSA) is 72.6 Å². The minimum Gasteiger partial charge on any atom is -0.457 e. The highest BCUT2D eigenvalue weighted by Crippen LogP contribution is 2.27. The van der Waals surface area contributed by atoms with Crippen molar-refractivity contribution < 1.29 is 14.3 Å². The number of piperidine rings is 1. The minimum atomic E-state index is -0.346. The van der Waals surface area contributed by atoms with Gasteiger partial charge in [0.2, 0.25) is 5.91 Å². The van der Waals surface area contributed by atoms with E-state index >= 15 is 0 Å². The third-order valence-corrected chi connectivity index (χ3v) is 4.20. The number of carbonyl (C=O) groups excluding carboxylic acids is 2. The van der Waals surface area contributed by atoms with Gasteiger partial charge >= 0.3 is 0 Å². The maximum Gasteiger partial charge on any atom is 0.257 e. The average molecular weight is 324 g/mol. The van der Waals surface area contributed by atoms with Crippen LogP contribution in [0.4, 0.5) is 0 Å². The number of nitrogens with two attached hydrogens (primary N) is 1. The number of hydrogen-bond acceptors (Lipinski definition) is 3. The molecule has 1 atom stereocenters. The smallest absolute Gasteiger partial charge is 0.257 e. The Morgan fingerprint density at radius 1 is 1.04 bits per heavy atom. The van der Waals surface area contributed by atoms with Crippen molar-refractivity contribution in [3.63, 3.8) is 0 Å². The third kappa shape index (κ3) is 3.56. The number of nitrogens with zero attached hydrogens (tertiary/aromatic N) is 1. The zero-order valence-corrected chi connectivity index (χ0v) is 13.4. The maximum atomic E-state index is 12.9. The number of para-hydroxylation sites is 2. The summed E-state index contributed by atoms with van der Waals surface area (Å²) in [6, 6.07) is 16.5. The van der Waals surface area contributed by atoms with E-state index in [1.54, 1.807) is 23.1 Å². The van der Waals surface area contributed by atoms with Crippen molar-refractivity contribution in [3.05, 3.63) is 60.2 Å². The second-order valence-electron chi connectivity index (χ2n) is 5.90. The molecule has 0 bridgehead atoms. The summed E-state index contributed by atoms with van der Waals surface area (Å²) in [5.74, 6) is 0.431. The monoisotopic (exact) mass is 324 g/mol. The van der Waals surface area contributed by atoms with Gasteiger partial charge < -0.3 is 15.4 Å². The fourth-order valence-corrected chi connectivity index (χ4v) is 2.91. The predicted molar refractivity (Wildman–Crippen MR) is 90.8 cm³/mol. The van der Waals surface area contributed by atoms with E-state index < -0.39 is 0 Å². The molecule has 2 aromatic carbocycles. The summed E-state index contributed by atoms with van der Waals surface area (Å²) in [4.78, 5) is 26.0. The van der Waals surface area contributed by atoms with Crippen LogP contribution in [0.15, 0.2) is 54.6 Å². The quantitative estimate of drug-likeness (QED) is 0.940. The lowest BCUT2D eigenvalue weighted by molar-refractivity contribution is -0.123. The maximum absolute atomic E-state index is 12.9. The van der Waals surface area contributed by atoms with Crippen LogP contribution in [0, 0.1) is 5.92 Å². The van der Waals surface area contributed by atoms with Gasteiger partial charge in [-0.3, -0.25) is 9.59 Å². The molecule has 1 saturated heterocycles.